The SMILES string of the molecule is CCOC(=O)C(C)(CC(C)SCCOC)NC1CC1. The van der Waals surface area contributed by atoms with Gasteiger partial charge in [0.2, 0.25) is 0 Å². The van der Waals surface area contributed by atoms with Crippen LogP contribution in [0.5, 0.6) is 0 Å². The van der Waals surface area contributed by atoms with Gasteiger partial charge in [0.15, 0.2) is 0 Å². The number of carbonyl (C=O) groups is 1. The van der Waals surface area contributed by atoms with Crippen LogP contribution in [0, 0.1) is 0 Å². The van der Waals surface area contributed by atoms with Gasteiger partial charge in [-0.15, -0.1) is 0 Å². The van der Waals surface area contributed by atoms with E-state index in [1.165, 1.54) is 12.8 Å². The first-order valence-corrected chi connectivity index (χ1v) is 8.12. The van der Waals surface area contributed by atoms with Crippen LogP contribution in [-0.2, 0) is 14.3 Å². The third kappa shape index (κ3) is 6.15. The lowest BCUT2D eigenvalue weighted by molar-refractivity contribution is -0.150. The van der Waals surface area contributed by atoms with Gasteiger partial charge in [0.1, 0.15) is 5.54 Å². The lowest BCUT2D eigenvalue weighted by Gasteiger charge is -2.31. The van der Waals surface area contributed by atoms with Gasteiger partial charge in [-0.3, -0.25) is 10.1 Å². The van der Waals surface area contributed by atoms with Crippen LogP contribution in [0.3, 0.4) is 0 Å². The Morgan fingerprint density at radius 1 is 1.53 bits per heavy atom. The highest BCUT2D eigenvalue weighted by Crippen LogP contribution is 2.28. The summed E-state index contributed by atoms with van der Waals surface area (Å²) in [6.45, 7) is 7.17. The second-order valence-electron chi connectivity index (χ2n) is 5.35. The molecule has 0 aliphatic heterocycles. The van der Waals surface area contributed by atoms with Crippen molar-refractivity contribution >= 4 is 17.7 Å². The van der Waals surface area contributed by atoms with Gasteiger partial charge in [-0.05, 0) is 33.1 Å². The second kappa shape index (κ2) is 8.12. The van der Waals surface area contributed by atoms with Crippen LogP contribution in [0.2, 0.25) is 0 Å². The fourth-order valence-electron chi connectivity index (χ4n) is 2.14. The number of nitrogens with one attached hydrogen (secondary N) is 1. The number of rotatable bonds is 10. The van der Waals surface area contributed by atoms with Gasteiger partial charge in [-0.1, -0.05) is 6.92 Å². The quantitative estimate of drug-likeness (QED) is 0.493. The largest absolute Gasteiger partial charge is 0.465 e. The van der Waals surface area contributed by atoms with E-state index < -0.39 is 5.54 Å². The Balaban J connectivity index is 2.49. The zero-order valence-corrected chi connectivity index (χ0v) is 13.3. The standard InChI is InChI=1S/C14H27NO3S/c1-5-18-13(16)14(3,15-12-6-7-12)10-11(2)19-9-8-17-4/h11-12,15H,5-10H2,1-4H3. The molecule has 0 saturated heterocycles. The van der Waals surface area contributed by atoms with Crippen LogP contribution >= 0.6 is 11.8 Å². The summed E-state index contributed by atoms with van der Waals surface area (Å²) < 4.78 is 10.3. The molecule has 5 heteroatoms. The predicted molar refractivity (Wildman–Crippen MR) is 79.6 cm³/mol. The average Bonchev–Trinajstić information content (AvgIpc) is 3.13. The van der Waals surface area contributed by atoms with Crippen LogP contribution in [0.1, 0.15) is 40.0 Å². The first kappa shape index (κ1) is 16.8. The monoisotopic (exact) mass is 289 g/mol. The molecule has 0 spiro atoms. The van der Waals surface area contributed by atoms with Crippen LogP contribution < -0.4 is 5.32 Å². The molecule has 2 atom stereocenters. The summed E-state index contributed by atoms with van der Waals surface area (Å²) in [6.07, 6.45) is 3.12. The van der Waals surface area contributed by atoms with Crippen LogP contribution in [0.15, 0.2) is 0 Å². The Kier molecular flexibility index (Phi) is 7.18. The van der Waals surface area contributed by atoms with Crippen molar-refractivity contribution in [2.75, 3.05) is 26.1 Å². The highest BCUT2D eigenvalue weighted by molar-refractivity contribution is 7.99. The minimum atomic E-state index is -0.559. The van der Waals surface area contributed by atoms with E-state index in [9.17, 15) is 4.79 Å². The average molecular weight is 289 g/mol. The molecule has 0 bridgehead atoms. The van der Waals surface area contributed by atoms with Crippen molar-refractivity contribution in [1.29, 1.82) is 0 Å². The molecule has 0 aromatic carbocycles. The number of carbonyl (C=O) groups excluding carboxylic acids is 1. The predicted octanol–water partition coefficient (Wildman–Crippen LogP) is 2.22. The van der Waals surface area contributed by atoms with Crippen LogP contribution in [0.25, 0.3) is 0 Å². The molecule has 1 fully saturated rings. The fraction of sp³-hybridized carbons (Fsp3) is 0.929. The van der Waals surface area contributed by atoms with Crippen molar-refractivity contribution in [1.82, 2.24) is 5.32 Å². The molecule has 0 aromatic heterocycles. The maximum Gasteiger partial charge on any atom is 0.326 e. The summed E-state index contributed by atoms with van der Waals surface area (Å²) in [5.74, 6) is 0.834. The molecule has 1 saturated carbocycles. The minimum absolute atomic E-state index is 0.124. The summed E-state index contributed by atoms with van der Waals surface area (Å²) in [7, 11) is 1.71. The number of thioether (sulfide) groups is 1. The second-order valence-corrected chi connectivity index (χ2v) is 6.90. The number of hydrogen-bond acceptors (Lipinski definition) is 5. The van der Waals surface area contributed by atoms with Gasteiger partial charge in [0.25, 0.3) is 0 Å². The zero-order chi connectivity index (χ0) is 14.3. The Morgan fingerprint density at radius 3 is 2.74 bits per heavy atom. The first-order valence-electron chi connectivity index (χ1n) is 7.07. The Hall–Kier alpha value is -0.260. The van der Waals surface area contributed by atoms with Crippen molar-refractivity contribution in [3.05, 3.63) is 0 Å². The van der Waals surface area contributed by atoms with Crippen molar-refractivity contribution in [3.8, 4) is 0 Å². The molecular weight excluding hydrogens is 262 g/mol. The van der Waals surface area contributed by atoms with Crippen LogP contribution in [-0.4, -0.2) is 48.9 Å². The molecule has 4 nitrogen and oxygen atoms in total. The van der Waals surface area contributed by atoms with E-state index in [4.69, 9.17) is 9.47 Å². The van der Waals surface area contributed by atoms with Crippen molar-refractivity contribution in [2.45, 2.75) is 56.9 Å². The van der Waals surface area contributed by atoms with E-state index in [1.54, 1.807) is 7.11 Å². The van der Waals surface area contributed by atoms with Crippen molar-refractivity contribution in [2.24, 2.45) is 0 Å². The number of esters is 1. The third-order valence-corrected chi connectivity index (χ3v) is 4.35. The lowest BCUT2D eigenvalue weighted by Crippen LogP contribution is -2.52. The molecular formula is C14H27NO3S. The molecule has 0 radical (unpaired) electrons. The maximum atomic E-state index is 12.2. The summed E-state index contributed by atoms with van der Waals surface area (Å²) in [4.78, 5) is 12.2. The molecule has 0 heterocycles. The molecule has 1 N–H and O–H groups in total. The molecule has 112 valence electrons. The van der Waals surface area contributed by atoms with Gasteiger partial charge in [0, 0.05) is 24.2 Å². The summed E-state index contributed by atoms with van der Waals surface area (Å²) >= 11 is 1.84. The number of hydrogen-bond donors (Lipinski definition) is 1. The maximum absolute atomic E-state index is 12.2. The van der Waals surface area contributed by atoms with Crippen molar-refractivity contribution < 1.29 is 14.3 Å². The highest BCUT2D eigenvalue weighted by atomic mass is 32.2. The molecule has 19 heavy (non-hydrogen) atoms. The summed E-state index contributed by atoms with van der Waals surface area (Å²) in [6, 6.07) is 0.491. The zero-order valence-electron chi connectivity index (χ0n) is 12.5. The molecule has 0 amide bonds. The molecule has 2 unspecified atom stereocenters. The van der Waals surface area contributed by atoms with E-state index in [-0.39, 0.29) is 5.97 Å². The topological polar surface area (TPSA) is 47.6 Å². The van der Waals surface area contributed by atoms with E-state index in [1.807, 2.05) is 25.6 Å². The van der Waals surface area contributed by atoms with Gasteiger partial charge < -0.3 is 9.47 Å². The van der Waals surface area contributed by atoms with Gasteiger partial charge in [-0.25, -0.2) is 0 Å². The number of methoxy groups -OCH3 is 1. The molecule has 1 aliphatic carbocycles. The summed E-state index contributed by atoms with van der Waals surface area (Å²) in [5.41, 5.74) is -0.559. The van der Waals surface area contributed by atoms with Crippen LogP contribution in [0.4, 0.5) is 0 Å². The van der Waals surface area contributed by atoms with E-state index in [0.717, 1.165) is 18.8 Å². The third-order valence-electron chi connectivity index (χ3n) is 3.21. The Morgan fingerprint density at radius 2 is 2.21 bits per heavy atom. The van der Waals surface area contributed by atoms with Gasteiger partial charge in [0.05, 0.1) is 13.2 Å². The fourth-order valence-corrected chi connectivity index (χ4v) is 3.25. The molecule has 0 aromatic rings. The van der Waals surface area contributed by atoms with E-state index in [0.29, 0.717) is 17.9 Å². The minimum Gasteiger partial charge on any atom is -0.465 e. The molecule has 1 rings (SSSR count). The van der Waals surface area contributed by atoms with E-state index >= 15 is 0 Å². The van der Waals surface area contributed by atoms with Gasteiger partial charge in [-0.2, -0.15) is 11.8 Å². The lowest BCUT2D eigenvalue weighted by atomic mass is 9.95. The Labute approximate surface area is 121 Å². The smallest absolute Gasteiger partial charge is 0.326 e. The van der Waals surface area contributed by atoms with Crippen molar-refractivity contribution in [3.63, 3.8) is 0 Å². The summed E-state index contributed by atoms with van der Waals surface area (Å²) in [5, 5.41) is 3.85. The molecule has 1 aliphatic rings. The highest BCUT2D eigenvalue weighted by Gasteiger charge is 2.40. The number of ether oxygens (including phenoxy) is 2. The first-order chi connectivity index (χ1) is 9.01. The Bertz CT molecular complexity index is 284. The van der Waals surface area contributed by atoms with Gasteiger partial charge >= 0.3 is 5.97 Å². The van der Waals surface area contributed by atoms with E-state index in [2.05, 4.69) is 12.2 Å². The normalized spacial score (nSPS) is 19.8.